The van der Waals surface area contributed by atoms with Crippen molar-refractivity contribution >= 4 is 16.7 Å². The summed E-state index contributed by atoms with van der Waals surface area (Å²) in [5.41, 5.74) is 4.34. The van der Waals surface area contributed by atoms with Crippen LogP contribution in [-0.2, 0) is 0 Å². The Morgan fingerprint density at radius 3 is 2.62 bits per heavy atom. The Morgan fingerprint density at radius 1 is 1.00 bits per heavy atom. The van der Waals surface area contributed by atoms with Gasteiger partial charge < -0.3 is 14.2 Å². The van der Waals surface area contributed by atoms with Gasteiger partial charge in [0.05, 0.1) is 24.1 Å². The van der Waals surface area contributed by atoms with Crippen LogP contribution in [0.5, 0.6) is 17.2 Å². The van der Waals surface area contributed by atoms with Crippen molar-refractivity contribution in [3.8, 4) is 34.1 Å². The lowest BCUT2D eigenvalue weighted by atomic mass is 10.1. The highest BCUT2D eigenvalue weighted by Crippen LogP contribution is 2.33. The van der Waals surface area contributed by atoms with Crippen molar-refractivity contribution in [3.63, 3.8) is 0 Å². The Hall–Kier alpha value is -4.40. The van der Waals surface area contributed by atoms with Crippen LogP contribution in [0.15, 0.2) is 59.5 Å². The Balaban J connectivity index is 1.52. The Bertz CT molecular complexity index is 1570. The zero-order chi connectivity index (χ0) is 21.8. The minimum atomic E-state index is -0.296. The highest BCUT2D eigenvalue weighted by atomic mass is 16.7. The number of aryl methyl sites for hydroxylation is 1. The van der Waals surface area contributed by atoms with Crippen LogP contribution in [0, 0.1) is 6.92 Å². The van der Waals surface area contributed by atoms with Crippen LogP contribution in [-0.4, -0.2) is 38.3 Å². The molecule has 0 N–H and O–H groups in total. The fraction of sp³-hybridized carbons (Fsp3) is 0.130. The number of nitrogens with zero attached hydrogens (tertiary/aromatic N) is 5. The summed E-state index contributed by atoms with van der Waals surface area (Å²) in [6.45, 7) is 2.08. The van der Waals surface area contributed by atoms with Gasteiger partial charge in [0.2, 0.25) is 6.79 Å². The van der Waals surface area contributed by atoms with Crippen molar-refractivity contribution in [2.24, 2.45) is 0 Å². The second-order valence-electron chi connectivity index (χ2n) is 7.39. The van der Waals surface area contributed by atoms with E-state index in [1.54, 1.807) is 36.0 Å². The van der Waals surface area contributed by atoms with Crippen molar-refractivity contribution in [1.29, 1.82) is 0 Å². The maximum atomic E-state index is 13.2. The first-order valence-electron chi connectivity index (χ1n) is 9.96. The number of pyridine rings is 1. The third-order valence-electron chi connectivity index (χ3n) is 5.57. The van der Waals surface area contributed by atoms with Crippen LogP contribution in [0.1, 0.15) is 5.69 Å². The second-order valence-corrected chi connectivity index (χ2v) is 7.39. The first-order chi connectivity index (χ1) is 15.6. The summed E-state index contributed by atoms with van der Waals surface area (Å²) in [5.74, 6) is 2.02. The molecule has 3 aromatic heterocycles. The van der Waals surface area contributed by atoms with Crippen LogP contribution < -0.4 is 19.8 Å². The molecule has 0 unspecified atom stereocenters. The predicted octanol–water partition coefficient (Wildman–Crippen LogP) is 3.14. The summed E-state index contributed by atoms with van der Waals surface area (Å²) in [7, 11) is 1.63. The van der Waals surface area contributed by atoms with E-state index in [0.29, 0.717) is 28.4 Å². The third-order valence-corrected chi connectivity index (χ3v) is 5.57. The second kappa shape index (κ2) is 6.81. The van der Waals surface area contributed by atoms with Gasteiger partial charge in [-0.3, -0.25) is 9.36 Å². The minimum absolute atomic E-state index is 0.171. The highest BCUT2D eigenvalue weighted by Gasteiger charge is 2.19. The smallest absolute Gasteiger partial charge is 0.285 e. The first kappa shape index (κ1) is 18.4. The van der Waals surface area contributed by atoms with Crippen molar-refractivity contribution < 1.29 is 14.2 Å². The van der Waals surface area contributed by atoms with E-state index in [9.17, 15) is 4.79 Å². The van der Waals surface area contributed by atoms with Gasteiger partial charge in [-0.05, 0) is 42.8 Å². The van der Waals surface area contributed by atoms with E-state index in [1.807, 2.05) is 37.3 Å². The lowest BCUT2D eigenvalue weighted by Crippen LogP contribution is -2.20. The molecular weight excluding hydrogens is 410 g/mol. The molecule has 5 aromatic rings. The molecule has 9 heteroatoms. The molecule has 0 spiro atoms. The Morgan fingerprint density at radius 2 is 1.81 bits per heavy atom. The molecular formula is C23H17N5O4. The van der Waals surface area contributed by atoms with Gasteiger partial charge in [0.1, 0.15) is 11.3 Å². The Kier molecular flexibility index (Phi) is 3.91. The lowest BCUT2D eigenvalue weighted by Gasteiger charge is -2.08. The van der Waals surface area contributed by atoms with E-state index in [0.717, 1.165) is 22.6 Å². The molecule has 158 valence electrons. The summed E-state index contributed by atoms with van der Waals surface area (Å²) in [4.78, 5) is 13.2. The van der Waals surface area contributed by atoms with Gasteiger partial charge in [-0.15, -0.1) is 10.2 Å². The van der Waals surface area contributed by atoms with Gasteiger partial charge >= 0.3 is 0 Å². The molecule has 0 aliphatic carbocycles. The van der Waals surface area contributed by atoms with Crippen LogP contribution in [0.2, 0.25) is 0 Å². The topological polar surface area (TPSA) is 92.8 Å². The zero-order valence-electron chi connectivity index (χ0n) is 17.3. The van der Waals surface area contributed by atoms with Crippen molar-refractivity contribution in [1.82, 2.24) is 24.4 Å². The van der Waals surface area contributed by atoms with Crippen molar-refractivity contribution in [2.45, 2.75) is 6.92 Å². The summed E-state index contributed by atoms with van der Waals surface area (Å²) in [6, 6.07) is 14.8. The van der Waals surface area contributed by atoms with E-state index in [4.69, 9.17) is 14.2 Å². The summed E-state index contributed by atoms with van der Waals surface area (Å²) >= 11 is 0. The molecule has 0 fully saturated rings. The quantitative estimate of drug-likeness (QED) is 0.437. The van der Waals surface area contributed by atoms with E-state index in [1.165, 1.54) is 4.57 Å². The number of aromatic nitrogens is 5. The largest absolute Gasteiger partial charge is 0.497 e. The Labute approximate surface area is 181 Å². The molecule has 0 saturated carbocycles. The summed E-state index contributed by atoms with van der Waals surface area (Å²) in [5, 5.41) is 13.3. The SMILES string of the molecule is COc1ccc(-c2c(C)nn3c2nnc2c(=O)n(-c4ccc5c(c4)OCO5)ccc23)cc1. The predicted molar refractivity (Wildman–Crippen MR) is 117 cm³/mol. The molecule has 2 aromatic carbocycles. The monoisotopic (exact) mass is 427 g/mol. The normalized spacial score (nSPS) is 12.6. The minimum Gasteiger partial charge on any atom is -0.497 e. The molecule has 0 radical (unpaired) electrons. The maximum Gasteiger partial charge on any atom is 0.285 e. The fourth-order valence-electron chi connectivity index (χ4n) is 3.99. The molecule has 0 amide bonds. The number of methoxy groups -OCH3 is 1. The van der Waals surface area contributed by atoms with Gasteiger partial charge in [0.25, 0.3) is 5.56 Å². The average molecular weight is 427 g/mol. The molecule has 1 aliphatic heterocycles. The number of fused-ring (bicyclic) bond motifs is 4. The third kappa shape index (κ3) is 2.64. The molecule has 0 atom stereocenters. The van der Waals surface area contributed by atoms with Crippen LogP contribution in [0.3, 0.4) is 0 Å². The molecule has 6 rings (SSSR count). The molecule has 0 bridgehead atoms. The van der Waals surface area contributed by atoms with E-state index >= 15 is 0 Å². The number of hydrogen-bond acceptors (Lipinski definition) is 7. The van der Waals surface area contributed by atoms with Gasteiger partial charge in [-0.1, -0.05) is 12.1 Å². The van der Waals surface area contributed by atoms with Gasteiger partial charge in [0.15, 0.2) is 22.7 Å². The maximum absolute atomic E-state index is 13.2. The molecule has 1 aliphatic rings. The number of benzene rings is 2. The molecule has 9 nitrogen and oxygen atoms in total. The highest BCUT2D eigenvalue weighted by molar-refractivity contribution is 5.84. The molecule has 32 heavy (non-hydrogen) atoms. The number of rotatable bonds is 3. The first-order valence-corrected chi connectivity index (χ1v) is 9.96. The average Bonchev–Trinajstić information content (AvgIpc) is 3.42. The van der Waals surface area contributed by atoms with Gasteiger partial charge in [-0.2, -0.15) is 5.10 Å². The molecule has 4 heterocycles. The number of hydrogen-bond donors (Lipinski definition) is 0. The van der Waals surface area contributed by atoms with Crippen molar-refractivity contribution in [2.75, 3.05) is 13.9 Å². The summed E-state index contributed by atoms with van der Waals surface area (Å²) in [6.07, 6.45) is 1.70. The zero-order valence-corrected chi connectivity index (χ0v) is 17.3. The van der Waals surface area contributed by atoms with Gasteiger partial charge in [0, 0.05) is 12.3 Å². The van der Waals surface area contributed by atoms with Crippen LogP contribution in [0.25, 0.3) is 33.5 Å². The van der Waals surface area contributed by atoms with Gasteiger partial charge in [-0.25, -0.2) is 4.52 Å². The fourth-order valence-corrected chi connectivity index (χ4v) is 3.99. The standard InChI is InChI=1S/C23H17N5O4/c1-13-20(14-3-6-16(30-2)7-4-14)22-25-24-21-17(28(22)26-13)9-10-27(23(21)29)15-5-8-18-19(11-15)32-12-31-18/h3-11H,12H2,1-2H3. The lowest BCUT2D eigenvalue weighted by molar-refractivity contribution is 0.174. The van der Waals surface area contributed by atoms with E-state index in [2.05, 4.69) is 15.3 Å². The summed E-state index contributed by atoms with van der Waals surface area (Å²) < 4.78 is 19.2. The van der Waals surface area contributed by atoms with Crippen molar-refractivity contribution in [3.05, 3.63) is 70.8 Å². The van der Waals surface area contributed by atoms with E-state index in [-0.39, 0.29) is 17.9 Å². The van der Waals surface area contributed by atoms with Crippen LogP contribution >= 0.6 is 0 Å². The number of ether oxygens (including phenoxy) is 3. The molecule has 0 saturated heterocycles. The van der Waals surface area contributed by atoms with Crippen LogP contribution in [0.4, 0.5) is 0 Å². The van der Waals surface area contributed by atoms with E-state index < -0.39 is 0 Å².